The molecule has 24 heavy (non-hydrogen) atoms. The van der Waals surface area contributed by atoms with Gasteiger partial charge in [0, 0.05) is 30.7 Å². The first-order chi connectivity index (χ1) is 11.6. The number of nitrogens with zero attached hydrogens (tertiary/aromatic N) is 4. The Balaban J connectivity index is 1.56. The minimum absolute atomic E-state index is 0.123. The highest BCUT2D eigenvalue weighted by molar-refractivity contribution is 7.90. The normalized spacial score (nSPS) is 23.2. The second-order valence-electron chi connectivity index (χ2n) is 6.78. The van der Waals surface area contributed by atoms with E-state index in [0.29, 0.717) is 13.1 Å². The van der Waals surface area contributed by atoms with E-state index in [1.807, 2.05) is 18.6 Å². The van der Waals surface area contributed by atoms with Crippen LogP contribution in [0.3, 0.4) is 0 Å². The summed E-state index contributed by atoms with van der Waals surface area (Å²) >= 11 is 0. The number of rotatable bonds is 3. The van der Waals surface area contributed by atoms with E-state index < -0.39 is 10.0 Å². The van der Waals surface area contributed by atoms with Crippen molar-refractivity contribution < 1.29 is 8.42 Å². The first kappa shape index (κ1) is 14.4. The van der Waals surface area contributed by atoms with Gasteiger partial charge in [-0.15, -0.1) is 0 Å². The third-order valence-corrected chi connectivity index (χ3v) is 7.54. The van der Waals surface area contributed by atoms with Crippen LogP contribution >= 0.6 is 0 Å². The van der Waals surface area contributed by atoms with Crippen LogP contribution in [0.4, 0.5) is 0 Å². The molecule has 1 saturated carbocycles. The van der Waals surface area contributed by atoms with Crippen molar-refractivity contribution >= 4 is 32.1 Å². The lowest BCUT2D eigenvalue weighted by molar-refractivity contribution is 0.270. The number of hydrogen-bond acceptors (Lipinski definition) is 4. The zero-order chi connectivity index (χ0) is 16.3. The number of fused-ring (bicyclic) bond motifs is 3. The maximum atomic E-state index is 12.6. The van der Waals surface area contributed by atoms with Crippen molar-refractivity contribution in [2.45, 2.75) is 37.0 Å². The molecule has 3 aromatic heterocycles. The molecule has 1 aliphatic heterocycles. The number of hydrogen-bond donors (Lipinski definition) is 1. The standard InChI is InChI=1S/C16H19N5O2S/c22-24(23,12-3-4-12)20-7-1-2-11(9-20)21-10-19-14-8-18-16-13(15(14)21)5-6-17-16/h5-6,8,10-12H,1-4,7,9H2,(H,17,18). The Hall–Kier alpha value is -1.93. The number of piperidine rings is 1. The number of nitrogens with one attached hydrogen (secondary N) is 1. The van der Waals surface area contributed by atoms with E-state index in [9.17, 15) is 8.42 Å². The number of aromatic nitrogens is 4. The number of aromatic amines is 1. The summed E-state index contributed by atoms with van der Waals surface area (Å²) < 4.78 is 29.0. The van der Waals surface area contributed by atoms with Crippen LogP contribution in [0, 0.1) is 0 Å². The molecular weight excluding hydrogens is 326 g/mol. The smallest absolute Gasteiger partial charge is 0.217 e. The summed E-state index contributed by atoms with van der Waals surface area (Å²) in [6.45, 7) is 1.18. The van der Waals surface area contributed by atoms with Crippen LogP contribution in [0.5, 0.6) is 0 Å². The quantitative estimate of drug-likeness (QED) is 0.787. The van der Waals surface area contributed by atoms with Crippen molar-refractivity contribution in [2.24, 2.45) is 0 Å². The molecule has 7 nitrogen and oxygen atoms in total. The molecule has 0 bridgehead atoms. The summed E-state index contributed by atoms with van der Waals surface area (Å²) in [6.07, 6.45) is 8.95. The summed E-state index contributed by atoms with van der Waals surface area (Å²) in [5.74, 6) is 0. The van der Waals surface area contributed by atoms with Crippen molar-refractivity contribution in [1.82, 2.24) is 23.8 Å². The Morgan fingerprint density at radius 1 is 1.21 bits per heavy atom. The number of pyridine rings is 1. The zero-order valence-corrected chi connectivity index (χ0v) is 14.0. The highest BCUT2D eigenvalue weighted by atomic mass is 32.2. The molecule has 0 spiro atoms. The van der Waals surface area contributed by atoms with E-state index >= 15 is 0 Å². The zero-order valence-electron chi connectivity index (χ0n) is 13.2. The van der Waals surface area contributed by atoms with Crippen molar-refractivity contribution in [3.05, 3.63) is 24.8 Å². The Morgan fingerprint density at radius 3 is 2.92 bits per heavy atom. The van der Waals surface area contributed by atoms with Gasteiger partial charge in [0.2, 0.25) is 10.0 Å². The van der Waals surface area contributed by atoms with Gasteiger partial charge in [0.05, 0.1) is 23.3 Å². The predicted molar refractivity (Wildman–Crippen MR) is 91.2 cm³/mol. The molecule has 1 atom stereocenters. The molecule has 4 heterocycles. The maximum Gasteiger partial charge on any atom is 0.217 e. The average Bonchev–Trinajstić information content (AvgIpc) is 3.20. The molecule has 126 valence electrons. The number of H-pyrrole nitrogens is 1. The monoisotopic (exact) mass is 345 g/mol. The Bertz CT molecular complexity index is 1020. The van der Waals surface area contributed by atoms with Crippen LogP contribution in [0.15, 0.2) is 24.8 Å². The molecular formula is C16H19N5O2S. The van der Waals surface area contributed by atoms with Crippen LogP contribution in [0.25, 0.3) is 22.1 Å². The highest BCUT2D eigenvalue weighted by Gasteiger charge is 2.41. The Labute approximate surface area is 139 Å². The maximum absolute atomic E-state index is 12.6. The molecule has 2 fully saturated rings. The van der Waals surface area contributed by atoms with Gasteiger partial charge in [-0.1, -0.05) is 0 Å². The van der Waals surface area contributed by atoms with Gasteiger partial charge >= 0.3 is 0 Å². The first-order valence-electron chi connectivity index (χ1n) is 8.42. The molecule has 1 unspecified atom stereocenters. The van der Waals surface area contributed by atoms with Gasteiger partial charge in [-0.25, -0.2) is 18.4 Å². The van der Waals surface area contributed by atoms with Crippen molar-refractivity contribution in [3.8, 4) is 0 Å². The van der Waals surface area contributed by atoms with Crippen molar-refractivity contribution in [2.75, 3.05) is 13.1 Å². The topological polar surface area (TPSA) is 83.9 Å². The van der Waals surface area contributed by atoms with E-state index in [1.54, 1.807) is 10.5 Å². The molecule has 0 amide bonds. The molecule has 5 rings (SSSR count). The number of imidazole rings is 1. The summed E-state index contributed by atoms with van der Waals surface area (Å²) in [4.78, 5) is 12.0. The molecule has 2 aliphatic rings. The van der Waals surface area contributed by atoms with E-state index in [2.05, 4.69) is 19.5 Å². The van der Waals surface area contributed by atoms with E-state index in [1.165, 1.54) is 0 Å². The van der Waals surface area contributed by atoms with Crippen LogP contribution in [-0.4, -0.2) is 50.6 Å². The summed E-state index contributed by atoms with van der Waals surface area (Å²) in [5.41, 5.74) is 2.73. The molecule has 0 radical (unpaired) electrons. The van der Waals surface area contributed by atoms with E-state index in [0.717, 1.165) is 47.8 Å². The second-order valence-corrected chi connectivity index (χ2v) is 9.00. The van der Waals surface area contributed by atoms with Crippen molar-refractivity contribution in [3.63, 3.8) is 0 Å². The lowest BCUT2D eigenvalue weighted by Crippen LogP contribution is -2.42. The van der Waals surface area contributed by atoms with Gasteiger partial charge in [0.25, 0.3) is 0 Å². The molecule has 3 aromatic rings. The largest absolute Gasteiger partial charge is 0.346 e. The second kappa shape index (κ2) is 5.03. The molecule has 1 N–H and O–H groups in total. The molecule has 0 aromatic carbocycles. The third kappa shape index (κ3) is 2.09. The van der Waals surface area contributed by atoms with Crippen LogP contribution in [-0.2, 0) is 10.0 Å². The first-order valence-corrected chi connectivity index (χ1v) is 9.92. The molecule has 1 saturated heterocycles. The molecule has 1 aliphatic carbocycles. The summed E-state index contributed by atoms with van der Waals surface area (Å²) in [5, 5.41) is 0.892. The minimum atomic E-state index is -3.12. The van der Waals surface area contributed by atoms with E-state index in [-0.39, 0.29) is 11.3 Å². The van der Waals surface area contributed by atoms with Gasteiger partial charge in [-0.3, -0.25) is 0 Å². The summed E-state index contributed by atoms with van der Waals surface area (Å²) in [6, 6.07) is 2.13. The van der Waals surface area contributed by atoms with Crippen molar-refractivity contribution in [1.29, 1.82) is 0 Å². The Kier molecular flexibility index (Phi) is 3.02. The fourth-order valence-corrected chi connectivity index (χ4v) is 5.68. The highest BCUT2D eigenvalue weighted by Crippen LogP contribution is 2.35. The van der Waals surface area contributed by atoms with Crippen LogP contribution in [0.1, 0.15) is 31.7 Å². The van der Waals surface area contributed by atoms with Gasteiger partial charge in [-0.05, 0) is 31.7 Å². The average molecular weight is 345 g/mol. The van der Waals surface area contributed by atoms with Gasteiger partial charge in [0.1, 0.15) is 11.2 Å². The van der Waals surface area contributed by atoms with Crippen LogP contribution < -0.4 is 0 Å². The fourth-order valence-electron chi connectivity index (χ4n) is 3.76. The lowest BCUT2D eigenvalue weighted by Gasteiger charge is -2.33. The lowest BCUT2D eigenvalue weighted by atomic mass is 10.1. The fraction of sp³-hybridized carbons (Fsp3) is 0.500. The third-order valence-electron chi connectivity index (χ3n) is 5.18. The summed E-state index contributed by atoms with van der Waals surface area (Å²) in [7, 11) is -3.12. The van der Waals surface area contributed by atoms with Crippen LogP contribution in [0.2, 0.25) is 0 Å². The molecule has 8 heteroatoms. The van der Waals surface area contributed by atoms with Gasteiger partial charge < -0.3 is 9.55 Å². The van der Waals surface area contributed by atoms with Gasteiger partial charge in [0.15, 0.2) is 0 Å². The van der Waals surface area contributed by atoms with Gasteiger partial charge in [-0.2, -0.15) is 4.31 Å². The van der Waals surface area contributed by atoms with E-state index in [4.69, 9.17) is 0 Å². The minimum Gasteiger partial charge on any atom is -0.346 e. The Morgan fingerprint density at radius 2 is 2.08 bits per heavy atom. The predicted octanol–water partition coefficient (Wildman–Crippen LogP) is 2.04. The SMILES string of the molecule is O=S(=O)(C1CC1)N1CCCC(n2cnc3cnc4[nH]ccc4c32)C1. The number of sulfonamides is 1.